The zero-order chi connectivity index (χ0) is 22.8. The van der Waals surface area contributed by atoms with E-state index in [1.165, 1.54) is 11.3 Å². The molecule has 31 heavy (non-hydrogen) atoms. The number of thioether (sulfide) groups is 1. The third-order valence-corrected chi connectivity index (χ3v) is 6.45. The van der Waals surface area contributed by atoms with Gasteiger partial charge < -0.3 is 10.1 Å². The van der Waals surface area contributed by atoms with E-state index >= 15 is 0 Å². The van der Waals surface area contributed by atoms with Crippen molar-refractivity contribution in [1.82, 2.24) is 14.9 Å². The highest BCUT2D eigenvalue weighted by Crippen LogP contribution is 2.43. The first-order valence-electron chi connectivity index (χ1n) is 10.4. The molecule has 168 valence electrons. The van der Waals surface area contributed by atoms with Crippen LogP contribution in [-0.2, 0) is 22.5 Å². The lowest BCUT2D eigenvalue weighted by Gasteiger charge is -2.30. The Morgan fingerprint density at radius 2 is 2.10 bits per heavy atom. The number of carbonyl (C=O) groups excluding carboxylic acids is 2. The number of fused-ring (bicyclic) bond motifs is 1. The Hall–Kier alpha value is -2.13. The van der Waals surface area contributed by atoms with Crippen LogP contribution < -0.4 is 5.32 Å². The fourth-order valence-electron chi connectivity index (χ4n) is 3.43. The Morgan fingerprint density at radius 3 is 2.68 bits per heavy atom. The SMILES string of the molecule is CCSc1ccc(CC(=O)Nc2nc3c(s2)CN(C(=O)OC(C)(C)C)[C@H]3C(C)C)nc1. The van der Waals surface area contributed by atoms with E-state index in [-0.39, 0.29) is 30.4 Å². The topological polar surface area (TPSA) is 84.4 Å². The van der Waals surface area contributed by atoms with Gasteiger partial charge in [0.05, 0.1) is 29.6 Å². The summed E-state index contributed by atoms with van der Waals surface area (Å²) in [6.45, 7) is 12.2. The molecule has 2 amide bonds. The summed E-state index contributed by atoms with van der Waals surface area (Å²) in [5, 5.41) is 3.45. The van der Waals surface area contributed by atoms with Gasteiger partial charge in [0.25, 0.3) is 0 Å². The smallest absolute Gasteiger partial charge is 0.411 e. The Kier molecular flexibility index (Phi) is 7.26. The van der Waals surface area contributed by atoms with Crippen LogP contribution >= 0.6 is 23.1 Å². The van der Waals surface area contributed by atoms with Crippen LogP contribution in [-0.4, -0.2) is 38.2 Å². The van der Waals surface area contributed by atoms with Crippen LogP contribution in [0.1, 0.15) is 63.8 Å². The second-order valence-electron chi connectivity index (χ2n) is 8.77. The molecule has 1 aliphatic heterocycles. The second-order valence-corrected chi connectivity index (χ2v) is 11.2. The molecule has 0 unspecified atom stereocenters. The average Bonchev–Trinajstić information content (AvgIpc) is 3.19. The summed E-state index contributed by atoms with van der Waals surface area (Å²) in [7, 11) is 0. The molecular weight excluding hydrogens is 432 g/mol. The van der Waals surface area contributed by atoms with Gasteiger partial charge in [-0.25, -0.2) is 9.78 Å². The molecule has 7 nitrogen and oxygen atoms in total. The highest BCUT2D eigenvalue weighted by Gasteiger charge is 2.40. The zero-order valence-electron chi connectivity index (χ0n) is 18.9. The predicted octanol–water partition coefficient (Wildman–Crippen LogP) is 5.28. The van der Waals surface area contributed by atoms with Gasteiger partial charge in [0.15, 0.2) is 5.13 Å². The maximum absolute atomic E-state index is 12.7. The van der Waals surface area contributed by atoms with Gasteiger partial charge in [-0.2, -0.15) is 0 Å². The van der Waals surface area contributed by atoms with Gasteiger partial charge in [0, 0.05) is 16.8 Å². The number of hydrogen-bond acceptors (Lipinski definition) is 7. The maximum Gasteiger partial charge on any atom is 0.411 e. The molecule has 2 aromatic rings. The van der Waals surface area contributed by atoms with E-state index in [4.69, 9.17) is 4.74 Å². The van der Waals surface area contributed by atoms with Gasteiger partial charge in [-0.3, -0.25) is 14.7 Å². The third kappa shape index (κ3) is 5.98. The standard InChI is InChI=1S/C22H30N4O3S2/c1-7-30-15-9-8-14(23-11-15)10-17(27)24-20-25-18-16(31-20)12-26(19(18)13(2)3)21(28)29-22(4,5)6/h8-9,11,13,19H,7,10,12H2,1-6H3,(H,24,25,27)/t19-/m0/s1. The van der Waals surface area contributed by atoms with Gasteiger partial charge in [-0.05, 0) is 44.6 Å². The molecule has 0 spiro atoms. The number of carbonyl (C=O) groups is 2. The summed E-state index contributed by atoms with van der Waals surface area (Å²) in [6, 6.07) is 3.70. The van der Waals surface area contributed by atoms with Crippen molar-refractivity contribution in [3.8, 4) is 0 Å². The fourth-order valence-corrected chi connectivity index (χ4v) is 5.07. The number of thiazole rings is 1. The highest BCUT2D eigenvalue weighted by atomic mass is 32.2. The van der Waals surface area contributed by atoms with E-state index in [0.717, 1.165) is 26.9 Å². The van der Waals surface area contributed by atoms with Crippen molar-refractivity contribution < 1.29 is 14.3 Å². The van der Waals surface area contributed by atoms with Gasteiger partial charge >= 0.3 is 6.09 Å². The van der Waals surface area contributed by atoms with Crippen LogP contribution in [0, 0.1) is 5.92 Å². The van der Waals surface area contributed by atoms with E-state index in [1.807, 2.05) is 32.9 Å². The van der Waals surface area contributed by atoms with Crippen LogP contribution in [0.25, 0.3) is 0 Å². The lowest BCUT2D eigenvalue weighted by molar-refractivity contribution is -0.115. The maximum atomic E-state index is 12.7. The number of rotatable bonds is 6. The van der Waals surface area contributed by atoms with Crippen molar-refractivity contribution in [3.05, 3.63) is 34.6 Å². The molecule has 0 saturated carbocycles. The van der Waals surface area contributed by atoms with Crippen molar-refractivity contribution in [1.29, 1.82) is 0 Å². The Morgan fingerprint density at radius 1 is 1.35 bits per heavy atom. The van der Waals surface area contributed by atoms with E-state index in [9.17, 15) is 9.59 Å². The Bertz CT molecular complexity index is 935. The largest absolute Gasteiger partial charge is 0.444 e. The quantitative estimate of drug-likeness (QED) is 0.588. The zero-order valence-corrected chi connectivity index (χ0v) is 20.5. The molecule has 1 aliphatic rings. The first-order valence-corrected chi connectivity index (χ1v) is 12.2. The van der Waals surface area contributed by atoms with Crippen molar-refractivity contribution >= 4 is 40.2 Å². The molecule has 0 saturated heterocycles. The number of aromatic nitrogens is 2. The molecule has 2 aromatic heterocycles. The van der Waals surface area contributed by atoms with Crippen molar-refractivity contribution in [2.24, 2.45) is 5.92 Å². The number of pyridine rings is 1. The Labute approximate surface area is 192 Å². The minimum atomic E-state index is -0.553. The van der Waals surface area contributed by atoms with E-state index in [2.05, 4.69) is 36.1 Å². The minimum Gasteiger partial charge on any atom is -0.444 e. The molecule has 0 bridgehead atoms. The van der Waals surface area contributed by atoms with E-state index in [0.29, 0.717) is 11.7 Å². The summed E-state index contributed by atoms with van der Waals surface area (Å²) < 4.78 is 5.57. The first-order chi connectivity index (χ1) is 14.6. The summed E-state index contributed by atoms with van der Waals surface area (Å²) in [6.07, 6.45) is 1.66. The average molecular weight is 463 g/mol. The molecule has 0 fully saturated rings. The minimum absolute atomic E-state index is 0.152. The van der Waals surface area contributed by atoms with Gasteiger partial charge in [-0.15, -0.1) is 11.8 Å². The normalized spacial score (nSPS) is 15.8. The molecule has 1 atom stereocenters. The number of amides is 2. The first kappa shape index (κ1) is 23.5. The molecule has 0 aromatic carbocycles. The van der Waals surface area contributed by atoms with Gasteiger partial charge in [0.2, 0.25) is 5.91 Å². The number of anilines is 1. The summed E-state index contributed by atoms with van der Waals surface area (Å²) >= 11 is 3.13. The number of nitrogens with one attached hydrogen (secondary N) is 1. The second kappa shape index (κ2) is 9.56. The lowest BCUT2D eigenvalue weighted by Crippen LogP contribution is -2.37. The summed E-state index contributed by atoms with van der Waals surface area (Å²) in [5.74, 6) is 1.00. The number of nitrogens with zero attached hydrogens (tertiary/aromatic N) is 3. The molecule has 0 aliphatic carbocycles. The lowest BCUT2D eigenvalue weighted by atomic mass is 10.0. The van der Waals surface area contributed by atoms with E-state index in [1.54, 1.807) is 22.9 Å². The van der Waals surface area contributed by atoms with Crippen LogP contribution in [0.2, 0.25) is 0 Å². The van der Waals surface area contributed by atoms with Crippen LogP contribution in [0.5, 0.6) is 0 Å². The highest BCUT2D eigenvalue weighted by molar-refractivity contribution is 7.99. The molecular formula is C22H30N4O3S2. The van der Waals surface area contributed by atoms with Crippen molar-refractivity contribution in [2.75, 3.05) is 11.1 Å². The molecule has 9 heteroatoms. The van der Waals surface area contributed by atoms with Crippen LogP contribution in [0.15, 0.2) is 23.2 Å². The molecule has 3 rings (SSSR count). The van der Waals surface area contributed by atoms with Crippen molar-refractivity contribution in [2.45, 2.75) is 71.0 Å². The predicted molar refractivity (Wildman–Crippen MR) is 124 cm³/mol. The van der Waals surface area contributed by atoms with Gasteiger partial charge in [-0.1, -0.05) is 32.1 Å². The molecule has 0 radical (unpaired) electrons. The van der Waals surface area contributed by atoms with E-state index < -0.39 is 5.60 Å². The van der Waals surface area contributed by atoms with Crippen LogP contribution in [0.3, 0.4) is 0 Å². The fraction of sp³-hybridized carbons (Fsp3) is 0.545. The number of ether oxygens (including phenoxy) is 1. The summed E-state index contributed by atoms with van der Waals surface area (Å²) in [4.78, 5) is 38.0. The third-order valence-electron chi connectivity index (χ3n) is 4.61. The van der Waals surface area contributed by atoms with Crippen molar-refractivity contribution in [3.63, 3.8) is 0 Å². The summed E-state index contributed by atoms with van der Waals surface area (Å²) in [5.41, 5.74) is 1.02. The van der Waals surface area contributed by atoms with Crippen LogP contribution in [0.4, 0.5) is 9.93 Å². The molecule has 3 heterocycles. The number of hydrogen-bond donors (Lipinski definition) is 1. The monoisotopic (exact) mass is 462 g/mol. The Balaban J connectivity index is 1.66. The molecule has 1 N–H and O–H groups in total. The van der Waals surface area contributed by atoms with Gasteiger partial charge in [0.1, 0.15) is 5.60 Å².